The number of benzene rings is 1. The molecule has 8 nitrogen and oxygen atoms in total. The zero-order chi connectivity index (χ0) is 20.7. The third kappa shape index (κ3) is 3.58. The molecule has 3 atom stereocenters. The van der Waals surface area contributed by atoms with Crippen LogP contribution in [0.1, 0.15) is 30.3 Å². The van der Waals surface area contributed by atoms with Gasteiger partial charge in [0.1, 0.15) is 16.2 Å². The molecule has 5 rings (SSSR count). The van der Waals surface area contributed by atoms with Gasteiger partial charge in [-0.1, -0.05) is 6.07 Å². The fraction of sp³-hybridized carbons (Fsp3) is 0.350. The lowest BCUT2D eigenvalue weighted by Gasteiger charge is -2.40. The first-order valence-corrected chi connectivity index (χ1v) is 10.8. The molecule has 2 aliphatic rings. The fourth-order valence-corrected chi connectivity index (χ4v) is 5.06. The van der Waals surface area contributed by atoms with Crippen LogP contribution in [-0.4, -0.2) is 38.9 Å². The van der Waals surface area contributed by atoms with E-state index < -0.39 is 17.0 Å². The second-order valence-corrected chi connectivity index (χ2v) is 8.85. The van der Waals surface area contributed by atoms with E-state index in [4.69, 9.17) is 21.1 Å². The molecule has 0 aliphatic carbocycles. The summed E-state index contributed by atoms with van der Waals surface area (Å²) in [5.41, 5.74) is -0.851. The van der Waals surface area contributed by atoms with Gasteiger partial charge in [-0.05, 0) is 35.6 Å². The number of rotatable bonds is 5. The molecule has 30 heavy (non-hydrogen) atoms. The van der Waals surface area contributed by atoms with Crippen LogP contribution in [0.4, 0.5) is 0 Å². The van der Waals surface area contributed by atoms with Gasteiger partial charge >= 0.3 is 5.97 Å². The van der Waals surface area contributed by atoms with Crippen LogP contribution >= 0.6 is 22.9 Å². The van der Waals surface area contributed by atoms with E-state index in [1.807, 2.05) is 29.6 Å². The average Bonchev–Trinajstić information content (AvgIpc) is 3.39. The van der Waals surface area contributed by atoms with Crippen LogP contribution in [0.3, 0.4) is 0 Å². The lowest BCUT2D eigenvalue weighted by molar-refractivity contribution is -0.147. The summed E-state index contributed by atoms with van der Waals surface area (Å²) >= 11 is 7.97. The Balaban J connectivity index is 1.39. The summed E-state index contributed by atoms with van der Waals surface area (Å²) in [4.78, 5) is 22.3. The first kappa shape index (κ1) is 19.5. The summed E-state index contributed by atoms with van der Waals surface area (Å²) in [5.74, 6) is 0.953. The molecule has 1 aromatic carbocycles. The largest absolute Gasteiger partial charge is 0.480 e. The van der Waals surface area contributed by atoms with Gasteiger partial charge in [0.15, 0.2) is 11.5 Å². The van der Waals surface area contributed by atoms with Crippen molar-refractivity contribution in [1.82, 2.24) is 20.6 Å². The normalized spacial score (nSPS) is 25.5. The van der Waals surface area contributed by atoms with Crippen molar-refractivity contribution in [3.8, 4) is 11.5 Å². The number of carboxylic acid groups (broad SMARTS) is 1. The fourth-order valence-electron chi connectivity index (χ4n) is 3.89. The Morgan fingerprint density at radius 3 is 3.07 bits per heavy atom. The molecule has 0 amide bonds. The molecule has 2 aromatic heterocycles. The number of hydrogen-bond donors (Lipinski definition) is 3. The average molecular weight is 447 g/mol. The molecule has 0 bridgehead atoms. The van der Waals surface area contributed by atoms with Crippen LogP contribution in [0.5, 0.6) is 11.5 Å². The summed E-state index contributed by atoms with van der Waals surface area (Å²) in [5, 5.41) is 19.5. The summed E-state index contributed by atoms with van der Waals surface area (Å²) in [7, 11) is 0. The Kier molecular flexibility index (Phi) is 4.98. The molecule has 3 aromatic rings. The molecule has 1 saturated heterocycles. The zero-order valence-corrected chi connectivity index (χ0v) is 17.4. The molecule has 2 aliphatic heterocycles. The number of aliphatic carboxylic acids is 1. The maximum atomic E-state index is 12.3. The molecule has 3 N–H and O–H groups in total. The minimum absolute atomic E-state index is 0.196. The van der Waals surface area contributed by atoms with Crippen LogP contribution in [-0.2, 0) is 11.3 Å². The molecule has 4 heterocycles. The smallest absolute Gasteiger partial charge is 0.324 e. The van der Waals surface area contributed by atoms with Crippen LogP contribution in [0.2, 0.25) is 0 Å². The highest BCUT2D eigenvalue weighted by atomic mass is 35.5. The van der Waals surface area contributed by atoms with E-state index in [1.165, 1.54) is 11.3 Å². The molecule has 0 radical (unpaired) electrons. The van der Waals surface area contributed by atoms with Crippen LogP contribution in [0.15, 0.2) is 35.8 Å². The van der Waals surface area contributed by atoms with Gasteiger partial charge in [0.25, 0.3) is 0 Å². The van der Waals surface area contributed by atoms with E-state index in [0.29, 0.717) is 23.9 Å². The number of fused-ring (bicyclic) bond motifs is 2. The Morgan fingerprint density at radius 2 is 2.20 bits per heavy atom. The predicted molar refractivity (Wildman–Crippen MR) is 112 cm³/mol. The van der Waals surface area contributed by atoms with Crippen molar-refractivity contribution in [3.05, 3.63) is 47.2 Å². The molecule has 3 unspecified atom stereocenters. The minimum Gasteiger partial charge on any atom is -0.480 e. The van der Waals surface area contributed by atoms with Gasteiger partial charge < -0.3 is 14.6 Å². The van der Waals surface area contributed by atoms with Gasteiger partial charge in [0, 0.05) is 24.5 Å². The quantitative estimate of drug-likeness (QED) is 0.405. The number of nitrogens with zero attached hydrogens (tertiary/aromatic N) is 2. The minimum atomic E-state index is -1.22. The van der Waals surface area contributed by atoms with Crippen molar-refractivity contribution < 1.29 is 19.4 Å². The van der Waals surface area contributed by atoms with Crippen molar-refractivity contribution in [2.45, 2.75) is 36.5 Å². The number of ether oxygens (including phenoxy) is 2. The van der Waals surface area contributed by atoms with Crippen molar-refractivity contribution >= 4 is 39.1 Å². The van der Waals surface area contributed by atoms with E-state index in [1.54, 1.807) is 6.20 Å². The molecular weight excluding hydrogens is 428 g/mol. The van der Waals surface area contributed by atoms with Gasteiger partial charge in [-0.3, -0.25) is 15.4 Å². The third-order valence-corrected chi connectivity index (χ3v) is 6.58. The van der Waals surface area contributed by atoms with Crippen LogP contribution in [0.25, 0.3) is 10.2 Å². The van der Waals surface area contributed by atoms with Gasteiger partial charge in [0.2, 0.25) is 6.79 Å². The van der Waals surface area contributed by atoms with E-state index in [2.05, 4.69) is 20.6 Å². The Morgan fingerprint density at radius 1 is 1.33 bits per heavy atom. The van der Waals surface area contributed by atoms with E-state index in [0.717, 1.165) is 15.8 Å². The summed E-state index contributed by atoms with van der Waals surface area (Å²) in [6.07, 6.45) is 2.26. The number of thiophene rings is 1. The number of alkyl halides is 1. The standard InChI is InChI=1S/C20H19ClN4O4S/c21-16-7-20(19(26)27,23-8-11-1-2-14-15(5-11)29-10-28-14)6-13(24-16)17-22-9-12-3-4-30-18(12)25-17/h1-5,9,13,16,23-24H,6-8,10H2,(H,26,27). The summed E-state index contributed by atoms with van der Waals surface area (Å²) < 4.78 is 10.7. The maximum Gasteiger partial charge on any atom is 0.324 e. The monoisotopic (exact) mass is 446 g/mol. The van der Waals surface area contributed by atoms with E-state index in [9.17, 15) is 9.90 Å². The van der Waals surface area contributed by atoms with Crippen molar-refractivity contribution in [3.63, 3.8) is 0 Å². The number of aromatic nitrogens is 2. The first-order chi connectivity index (χ1) is 14.5. The second kappa shape index (κ2) is 7.66. The number of carbonyl (C=O) groups is 1. The summed E-state index contributed by atoms with van der Waals surface area (Å²) in [6, 6.07) is 7.15. The van der Waals surface area contributed by atoms with Gasteiger partial charge in [0.05, 0.1) is 11.5 Å². The number of nitrogens with one attached hydrogen (secondary N) is 2. The highest BCUT2D eigenvalue weighted by Gasteiger charge is 2.47. The number of carboxylic acids is 1. The molecule has 156 valence electrons. The maximum absolute atomic E-state index is 12.3. The second-order valence-electron chi connectivity index (χ2n) is 7.43. The van der Waals surface area contributed by atoms with Crippen LogP contribution in [0, 0.1) is 0 Å². The number of hydrogen-bond acceptors (Lipinski definition) is 8. The number of halogens is 1. The Labute approximate surface area is 181 Å². The number of piperidine rings is 1. The Bertz CT molecular complexity index is 1110. The van der Waals surface area contributed by atoms with Gasteiger partial charge in [-0.15, -0.1) is 22.9 Å². The lowest BCUT2D eigenvalue weighted by Crippen LogP contribution is -2.60. The lowest BCUT2D eigenvalue weighted by atomic mass is 9.83. The van der Waals surface area contributed by atoms with Crippen molar-refractivity contribution in [2.75, 3.05) is 6.79 Å². The van der Waals surface area contributed by atoms with Crippen molar-refractivity contribution in [1.29, 1.82) is 0 Å². The Hall–Kier alpha value is -2.46. The molecule has 10 heteroatoms. The van der Waals surface area contributed by atoms with Crippen molar-refractivity contribution in [2.24, 2.45) is 0 Å². The topological polar surface area (TPSA) is 106 Å². The van der Waals surface area contributed by atoms with Gasteiger partial charge in [-0.25, -0.2) is 9.97 Å². The molecule has 0 spiro atoms. The highest BCUT2D eigenvalue weighted by Crippen LogP contribution is 2.36. The van der Waals surface area contributed by atoms with E-state index >= 15 is 0 Å². The predicted octanol–water partition coefficient (Wildman–Crippen LogP) is 3.02. The highest BCUT2D eigenvalue weighted by molar-refractivity contribution is 7.16. The zero-order valence-electron chi connectivity index (χ0n) is 15.8. The summed E-state index contributed by atoms with van der Waals surface area (Å²) in [6.45, 7) is 0.547. The molecular formula is C20H19ClN4O4S. The first-order valence-electron chi connectivity index (χ1n) is 9.50. The molecule has 0 saturated carbocycles. The van der Waals surface area contributed by atoms with Crippen LogP contribution < -0.4 is 20.1 Å². The molecule has 1 fully saturated rings. The SMILES string of the molecule is O=C(O)C1(NCc2ccc3c(c2)OCO3)CC(Cl)NC(c2ncc3ccsc3n2)C1. The third-order valence-electron chi connectivity index (χ3n) is 5.48. The van der Waals surface area contributed by atoms with E-state index in [-0.39, 0.29) is 25.7 Å². The van der Waals surface area contributed by atoms with Gasteiger partial charge in [-0.2, -0.15) is 0 Å².